The zero-order valence-electron chi connectivity index (χ0n) is 13.9. The summed E-state index contributed by atoms with van der Waals surface area (Å²) in [6.45, 7) is 0. The van der Waals surface area contributed by atoms with Crippen LogP contribution in [0.4, 0.5) is 5.69 Å². The van der Waals surface area contributed by atoms with Gasteiger partial charge in [-0.2, -0.15) is 0 Å². The summed E-state index contributed by atoms with van der Waals surface area (Å²) in [6, 6.07) is 19.3. The summed E-state index contributed by atoms with van der Waals surface area (Å²) in [5.41, 5.74) is 0.992. The minimum atomic E-state index is -0.504. The number of pyridine rings is 1. The molecular weight excluding hydrogens is 364 g/mol. The summed E-state index contributed by atoms with van der Waals surface area (Å²) in [4.78, 5) is 32.1. The summed E-state index contributed by atoms with van der Waals surface area (Å²) in [5.74, 6) is 0. The first-order valence-corrected chi connectivity index (χ1v) is 8.80. The third-order valence-corrected chi connectivity index (χ3v) is 4.79. The smallest absolute Gasteiger partial charge is 0.268 e. The van der Waals surface area contributed by atoms with Crippen molar-refractivity contribution < 1.29 is 4.92 Å². The topological polar surface area (TPSA) is 90.9 Å². The van der Waals surface area contributed by atoms with E-state index >= 15 is 0 Å². The van der Waals surface area contributed by atoms with Crippen molar-refractivity contribution >= 4 is 28.4 Å². The van der Waals surface area contributed by atoms with Gasteiger partial charge in [0, 0.05) is 6.07 Å². The number of nitro groups is 1. The van der Waals surface area contributed by atoms with Crippen LogP contribution in [0.15, 0.2) is 87.9 Å². The van der Waals surface area contributed by atoms with Gasteiger partial charge in [-0.05, 0) is 42.1 Å². The van der Waals surface area contributed by atoms with Gasteiger partial charge in [-0.15, -0.1) is 0 Å². The number of hydrogen-bond donors (Lipinski definition) is 0. The van der Waals surface area contributed by atoms with Gasteiger partial charge in [-0.25, -0.2) is 9.97 Å². The van der Waals surface area contributed by atoms with Crippen LogP contribution < -0.4 is 5.56 Å². The molecule has 0 saturated heterocycles. The summed E-state index contributed by atoms with van der Waals surface area (Å²) in [6.07, 6.45) is 1.19. The fourth-order valence-corrected chi connectivity index (χ4v) is 3.47. The van der Waals surface area contributed by atoms with Crippen LogP contribution in [0.5, 0.6) is 0 Å². The van der Waals surface area contributed by atoms with Crippen LogP contribution in [0.25, 0.3) is 16.6 Å². The molecule has 0 atom stereocenters. The molecule has 4 aromatic rings. The summed E-state index contributed by atoms with van der Waals surface area (Å²) < 4.78 is 1.52. The molecule has 27 heavy (non-hydrogen) atoms. The van der Waals surface area contributed by atoms with Gasteiger partial charge in [0.25, 0.3) is 11.2 Å². The maximum atomic E-state index is 13.1. The summed E-state index contributed by atoms with van der Waals surface area (Å²) >= 11 is 1.18. The first-order chi connectivity index (χ1) is 13.1. The van der Waals surface area contributed by atoms with E-state index in [9.17, 15) is 14.9 Å². The van der Waals surface area contributed by atoms with Crippen molar-refractivity contribution in [3.63, 3.8) is 0 Å². The molecule has 2 aromatic carbocycles. The number of benzene rings is 2. The van der Waals surface area contributed by atoms with Crippen molar-refractivity contribution in [2.45, 2.75) is 10.2 Å². The van der Waals surface area contributed by atoms with E-state index in [1.54, 1.807) is 24.3 Å². The first-order valence-electron chi connectivity index (χ1n) is 7.99. The lowest BCUT2D eigenvalue weighted by molar-refractivity contribution is -0.385. The second kappa shape index (κ2) is 7.00. The van der Waals surface area contributed by atoms with Crippen LogP contribution in [-0.2, 0) is 0 Å². The van der Waals surface area contributed by atoms with Crippen LogP contribution in [-0.4, -0.2) is 19.5 Å². The molecule has 0 aliphatic rings. The standard InChI is InChI=1S/C19H12N4O3S/c24-18-15-8-4-5-9-16(15)21-19(22(18)13-6-2-1-3-7-13)27-17-11-10-14(12-20-17)23(25)26/h1-12H. The van der Waals surface area contributed by atoms with Crippen molar-refractivity contribution in [1.82, 2.24) is 14.5 Å². The molecule has 8 heteroatoms. The fraction of sp³-hybridized carbons (Fsp3) is 0. The molecule has 2 aromatic heterocycles. The van der Waals surface area contributed by atoms with Gasteiger partial charge in [0.15, 0.2) is 5.16 Å². The molecule has 0 saturated carbocycles. The second-order valence-electron chi connectivity index (χ2n) is 5.60. The third-order valence-electron chi connectivity index (χ3n) is 3.89. The lowest BCUT2D eigenvalue weighted by Crippen LogP contribution is -2.21. The van der Waals surface area contributed by atoms with E-state index in [2.05, 4.69) is 9.97 Å². The van der Waals surface area contributed by atoms with Crippen LogP contribution in [0.3, 0.4) is 0 Å². The molecule has 0 unspecified atom stereocenters. The molecule has 0 aliphatic heterocycles. The third kappa shape index (κ3) is 3.30. The Morgan fingerprint density at radius 2 is 1.70 bits per heavy atom. The molecule has 0 amide bonds. The minimum absolute atomic E-state index is 0.0914. The molecule has 132 valence electrons. The minimum Gasteiger partial charge on any atom is -0.268 e. The SMILES string of the molecule is O=c1c2ccccc2nc(Sc2ccc([N+](=O)[O-])cn2)n1-c1ccccc1. The van der Waals surface area contributed by atoms with E-state index in [1.807, 2.05) is 36.4 Å². The number of aromatic nitrogens is 3. The molecule has 0 fully saturated rings. The predicted octanol–water partition coefficient (Wildman–Crippen LogP) is 3.84. The van der Waals surface area contributed by atoms with E-state index in [4.69, 9.17) is 0 Å². The first kappa shape index (κ1) is 16.9. The lowest BCUT2D eigenvalue weighted by Gasteiger charge is -2.12. The quantitative estimate of drug-likeness (QED) is 0.305. The molecule has 7 nitrogen and oxygen atoms in total. The van der Waals surface area contributed by atoms with E-state index < -0.39 is 4.92 Å². The Balaban J connectivity index is 1.88. The predicted molar refractivity (Wildman–Crippen MR) is 102 cm³/mol. The van der Waals surface area contributed by atoms with E-state index in [0.717, 1.165) is 0 Å². The number of fused-ring (bicyclic) bond motifs is 1. The zero-order chi connectivity index (χ0) is 18.8. The van der Waals surface area contributed by atoms with Gasteiger partial charge in [-0.3, -0.25) is 19.5 Å². The van der Waals surface area contributed by atoms with Crippen molar-refractivity contribution in [2.24, 2.45) is 0 Å². The molecule has 0 N–H and O–H groups in total. The number of para-hydroxylation sites is 2. The van der Waals surface area contributed by atoms with Gasteiger partial charge in [-0.1, -0.05) is 30.3 Å². The Labute approximate surface area is 157 Å². The van der Waals surface area contributed by atoms with Gasteiger partial charge >= 0.3 is 0 Å². The van der Waals surface area contributed by atoms with E-state index in [0.29, 0.717) is 26.8 Å². The lowest BCUT2D eigenvalue weighted by atomic mass is 10.2. The molecule has 0 spiro atoms. The molecule has 0 bridgehead atoms. The van der Waals surface area contributed by atoms with Crippen molar-refractivity contribution in [2.75, 3.05) is 0 Å². The van der Waals surface area contributed by atoms with Crippen molar-refractivity contribution in [3.05, 3.63) is 93.4 Å². The summed E-state index contributed by atoms with van der Waals surface area (Å²) in [5, 5.41) is 12.3. The fourth-order valence-electron chi connectivity index (χ4n) is 2.62. The molecule has 4 rings (SSSR count). The highest BCUT2D eigenvalue weighted by Gasteiger charge is 2.15. The van der Waals surface area contributed by atoms with Crippen molar-refractivity contribution in [3.8, 4) is 5.69 Å². The van der Waals surface area contributed by atoms with Crippen LogP contribution in [0, 0.1) is 10.1 Å². The monoisotopic (exact) mass is 376 g/mol. The van der Waals surface area contributed by atoms with E-state index in [1.165, 1.54) is 28.6 Å². The van der Waals surface area contributed by atoms with Gasteiger partial charge in [0.2, 0.25) is 0 Å². The maximum Gasteiger partial charge on any atom is 0.287 e. The zero-order valence-corrected chi connectivity index (χ0v) is 14.7. The number of rotatable bonds is 4. The van der Waals surface area contributed by atoms with E-state index in [-0.39, 0.29) is 11.2 Å². The Morgan fingerprint density at radius 1 is 0.963 bits per heavy atom. The van der Waals surface area contributed by atoms with Crippen LogP contribution >= 0.6 is 11.8 Å². The largest absolute Gasteiger partial charge is 0.287 e. The van der Waals surface area contributed by atoms with Gasteiger partial charge < -0.3 is 0 Å². The Bertz CT molecular complexity index is 1190. The highest BCUT2D eigenvalue weighted by atomic mass is 32.2. The normalized spacial score (nSPS) is 10.8. The Morgan fingerprint density at radius 3 is 2.41 bits per heavy atom. The highest BCUT2D eigenvalue weighted by Crippen LogP contribution is 2.27. The van der Waals surface area contributed by atoms with Crippen LogP contribution in [0.1, 0.15) is 0 Å². The molecular formula is C19H12N4O3S. The van der Waals surface area contributed by atoms with Crippen LogP contribution in [0.2, 0.25) is 0 Å². The summed E-state index contributed by atoms with van der Waals surface area (Å²) in [7, 11) is 0. The van der Waals surface area contributed by atoms with Crippen molar-refractivity contribution in [1.29, 1.82) is 0 Å². The Hall–Kier alpha value is -3.52. The van der Waals surface area contributed by atoms with Gasteiger partial charge in [0.05, 0.1) is 21.5 Å². The Kier molecular flexibility index (Phi) is 4.39. The molecule has 2 heterocycles. The molecule has 0 radical (unpaired) electrons. The maximum absolute atomic E-state index is 13.1. The second-order valence-corrected chi connectivity index (χ2v) is 6.59. The molecule has 0 aliphatic carbocycles. The van der Waals surface area contributed by atoms with Gasteiger partial charge in [0.1, 0.15) is 11.2 Å². The average molecular weight is 376 g/mol. The number of hydrogen-bond acceptors (Lipinski definition) is 6. The highest BCUT2D eigenvalue weighted by molar-refractivity contribution is 7.99. The number of nitrogens with zero attached hydrogens (tertiary/aromatic N) is 4. The average Bonchev–Trinajstić information content (AvgIpc) is 2.69.